The highest BCUT2D eigenvalue weighted by molar-refractivity contribution is 6.50. The van der Waals surface area contributed by atoms with Gasteiger partial charge in [-0.25, -0.2) is 0 Å². The predicted octanol–water partition coefficient (Wildman–Crippen LogP) is -0.774. The lowest BCUT2D eigenvalue weighted by Crippen LogP contribution is -2.50. The first-order chi connectivity index (χ1) is 7.38. The van der Waals surface area contributed by atoms with Crippen molar-refractivity contribution in [2.75, 3.05) is 0 Å². The molecule has 2 atom stereocenters. The minimum absolute atomic E-state index is 0.0947. The topological polar surface area (TPSA) is 113 Å². The van der Waals surface area contributed by atoms with Gasteiger partial charge in [0.1, 0.15) is 0 Å². The zero-order valence-electron chi connectivity index (χ0n) is 9.64. The first-order valence-corrected chi connectivity index (χ1v) is 5.34. The third kappa shape index (κ3) is 5.72. The number of aliphatic carboxylic acids is 1. The highest BCUT2D eigenvalue weighted by Gasteiger charge is 2.22. The van der Waals surface area contributed by atoms with Crippen molar-refractivity contribution in [3.8, 4) is 0 Å². The Bertz CT molecular complexity index is 248. The number of carbonyl (C=O) groups is 2. The Morgan fingerprint density at radius 1 is 1.50 bits per heavy atom. The molecule has 0 aromatic rings. The molecule has 6 nitrogen and oxygen atoms in total. The summed E-state index contributed by atoms with van der Waals surface area (Å²) >= 11 is 0. The second-order valence-electron chi connectivity index (χ2n) is 3.80. The molecule has 0 unspecified atom stereocenters. The zero-order valence-corrected chi connectivity index (χ0v) is 9.64. The van der Waals surface area contributed by atoms with Gasteiger partial charge in [-0.05, 0) is 12.8 Å². The molecule has 0 rings (SSSR count). The van der Waals surface area contributed by atoms with Gasteiger partial charge in [-0.3, -0.25) is 9.59 Å². The van der Waals surface area contributed by atoms with Gasteiger partial charge in [0.2, 0.25) is 5.91 Å². The van der Waals surface area contributed by atoms with E-state index in [0.717, 1.165) is 0 Å². The lowest BCUT2D eigenvalue weighted by Gasteiger charge is -2.19. The van der Waals surface area contributed by atoms with Gasteiger partial charge >= 0.3 is 12.9 Å². The summed E-state index contributed by atoms with van der Waals surface area (Å²) in [6.07, 6.45) is 0.548. The van der Waals surface area contributed by atoms with Crippen molar-refractivity contribution >= 4 is 18.8 Å². The highest BCUT2D eigenvalue weighted by atomic mass is 16.4. The fourth-order valence-corrected chi connectivity index (χ4v) is 1.26. The largest absolute Gasteiger partial charge is 0.481 e. The van der Waals surface area contributed by atoms with Crippen molar-refractivity contribution in [2.45, 2.75) is 45.0 Å². The second kappa shape index (κ2) is 7.24. The zero-order chi connectivity index (χ0) is 12.7. The number of nitrogens with two attached hydrogens (primary N) is 1. The molecule has 0 fully saturated rings. The van der Waals surface area contributed by atoms with Crippen molar-refractivity contribution in [2.24, 2.45) is 5.73 Å². The third-order valence-corrected chi connectivity index (χ3v) is 2.36. The molecule has 0 bridgehead atoms. The van der Waals surface area contributed by atoms with Gasteiger partial charge in [0.15, 0.2) is 0 Å². The summed E-state index contributed by atoms with van der Waals surface area (Å²) in [6, 6.07) is -0.844. The van der Waals surface area contributed by atoms with Crippen LogP contribution in [0.15, 0.2) is 0 Å². The monoisotopic (exact) mass is 230 g/mol. The first-order valence-electron chi connectivity index (χ1n) is 5.34. The predicted molar refractivity (Wildman–Crippen MR) is 60.9 cm³/mol. The summed E-state index contributed by atoms with van der Waals surface area (Å²) in [5.41, 5.74) is 5.51. The number of carboxylic acid groups (broad SMARTS) is 1. The number of hydrogen-bond donors (Lipinski definition) is 4. The van der Waals surface area contributed by atoms with Crippen molar-refractivity contribution in [3.63, 3.8) is 0 Å². The van der Waals surface area contributed by atoms with Gasteiger partial charge in [-0.15, -0.1) is 0 Å². The standard InChI is InChI=1S/C9H19BN2O4/c1-3-7(10(2)16)12-9(15)6(11)4-5-8(13)14/h6-7,16H,3-5,11H2,1-2H3,(H,12,15)(H,13,14)/t6-,7-/m0/s1. The van der Waals surface area contributed by atoms with E-state index in [1.165, 1.54) is 0 Å². The molecule has 0 spiro atoms. The summed E-state index contributed by atoms with van der Waals surface area (Å²) in [5.74, 6) is -1.75. The Labute approximate surface area is 95.3 Å². The normalized spacial score (nSPS) is 14.0. The molecule has 7 heteroatoms. The summed E-state index contributed by atoms with van der Waals surface area (Å²) in [6.45, 7) is 2.76. The van der Waals surface area contributed by atoms with Crippen LogP contribution in [0.2, 0.25) is 6.82 Å². The fourth-order valence-electron chi connectivity index (χ4n) is 1.26. The van der Waals surface area contributed by atoms with Crippen molar-refractivity contribution in [3.05, 3.63) is 0 Å². The van der Waals surface area contributed by atoms with Gasteiger partial charge in [0.25, 0.3) is 0 Å². The molecule has 0 aliphatic rings. The molecule has 0 aromatic heterocycles. The van der Waals surface area contributed by atoms with Crippen molar-refractivity contribution in [1.29, 1.82) is 0 Å². The van der Waals surface area contributed by atoms with Crippen LogP contribution in [-0.2, 0) is 9.59 Å². The van der Waals surface area contributed by atoms with E-state index in [2.05, 4.69) is 5.32 Å². The van der Waals surface area contributed by atoms with E-state index in [1.807, 2.05) is 6.92 Å². The van der Waals surface area contributed by atoms with Crippen LogP contribution in [0.25, 0.3) is 0 Å². The third-order valence-electron chi connectivity index (χ3n) is 2.36. The van der Waals surface area contributed by atoms with Gasteiger partial charge in [-0.1, -0.05) is 13.7 Å². The molecule has 92 valence electrons. The summed E-state index contributed by atoms with van der Waals surface area (Å²) < 4.78 is 0. The average molecular weight is 230 g/mol. The number of carboxylic acids is 1. The molecule has 0 radical (unpaired) electrons. The smallest absolute Gasteiger partial charge is 0.308 e. The van der Waals surface area contributed by atoms with E-state index in [0.29, 0.717) is 6.42 Å². The van der Waals surface area contributed by atoms with Crippen LogP contribution in [-0.4, -0.2) is 40.9 Å². The van der Waals surface area contributed by atoms with E-state index in [9.17, 15) is 14.6 Å². The van der Waals surface area contributed by atoms with E-state index < -0.39 is 24.8 Å². The van der Waals surface area contributed by atoms with Crippen LogP contribution >= 0.6 is 0 Å². The maximum atomic E-state index is 11.5. The van der Waals surface area contributed by atoms with Crippen molar-refractivity contribution < 1.29 is 19.7 Å². The molecule has 0 saturated heterocycles. The van der Waals surface area contributed by atoms with E-state index >= 15 is 0 Å². The number of carbonyl (C=O) groups excluding carboxylic acids is 1. The van der Waals surface area contributed by atoms with Gasteiger partial charge in [-0.2, -0.15) is 0 Å². The van der Waals surface area contributed by atoms with Crippen LogP contribution in [0.1, 0.15) is 26.2 Å². The summed E-state index contributed by atoms with van der Waals surface area (Å²) in [4.78, 5) is 21.8. The maximum Gasteiger partial charge on any atom is 0.308 e. The lowest BCUT2D eigenvalue weighted by atomic mass is 9.62. The molecule has 1 amide bonds. The Balaban J connectivity index is 4.08. The lowest BCUT2D eigenvalue weighted by molar-refractivity contribution is -0.137. The molecule has 0 heterocycles. The van der Waals surface area contributed by atoms with Gasteiger partial charge in [0.05, 0.1) is 6.04 Å². The van der Waals surface area contributed by atoms with Crippen LogP contribution in [0.5, 0.6) is 0 Å². The maximum absolute atomic E-state index is 11.5. The van der Waals surface area contributed by atoms with Gasteiger partial charge in [0, 0.05) is 12.4 Å². The Hall–Kier alpha value is -1.08. The Morgan fingerprint density at radius 2 is 2.06 bits per heavy atom. The van der Waals surface area contributed by atoms with Crippen LogP contribution in [0.3, 0.4) is 0 Å². The molecule has 0 saturated carbocycles. The Kier molecular flexibility index (Phi) is 6.75. The van der Waals surface area contributed by atoms with E-state index in [1.54, 1.807) is 6.82 Å². The number of rotatable bonds is 7. The SMILES string of the molecule is CC[C@H](NC(=O)[C@@H](N)CCC(=O)O)B(C)O. The molecule has 16 heavy (non-hydrogen) atoms. The summed E-state index contributed by atoms with van der Waals surface area (Å²) in [7, 11) is 0. The highest BCUT2D eigenvalue weighted by Crippen LogP contribution is 1.99. The van der Waals surface area contributed by atoms with Crippen LogP contribution in [0, 0.1) is 0 Å². The molecule has 5 N–H and O–H groups in total. The molecular formula is C9H19BN2O4. The number of nitrogens with one attached hydrogen (secondary N) is 1. The van der Waals surface area contributed by atoms with Crippen LogP contribution in [0.4, 0.5) is 0 Å². The molecule has 0 aliphatic carbocycles. The quantitative estimate of drug-likeness (QED) is 0.429. The average Bonchev–Trinajstić information content (AvgIpc) is 2.21. The van der Waals surface area contributed by atoms with E-state index in [-0.39, 0.29) is 18.8 Å². The van der Waals surface area contributed by atoms with Crippen molar-refractivity contribution in [1.82, 2.24) is 5.32 Å². The fraction of sp³-hybridized carbons (Fsp3) is 0.778. The molecular weight excluding hydrogens is 211 g/mol. The molecule has 0 aliphatic heterocycles. The minimum atomic E-state index is -0.981. The number of amides is 1. The molecule has 0 aromatic carbocycles. The van der Waals surface area contributed by atoms with E-state index in [4.69, 9.17) is 10.8 Å². The van der Waals surface area contributed by atoms with Crippen LogP contribution < -0.4 is 11.1 Å². The minimum Gasteiger partial charge on any atom is -0.481 e. The summed E-state index contributed by atoms with van der Waals surface area (Å²) in [5, 5.41) is 20.3. The van der Waals surface area contributed by atoms with Gasteiger partial charge < -0.3 is 21.2 Å². The first kappa shape index (κ1) is 14.9. The second-order valence-corrected chi connectivity index (χ2v) is 3.80. The Morgan fingerprint density at radius 3 is 2.44 bits per heavy atom. The number of hydrogen-bond acceptors (Lipinski definition) is 4.